The minimum atomic E-state index is -1.06. The predicted molar refractivity (Wildman–Crippen MR) is 112 cm³/mol. The Balaban J connectivity index is 1.43. The molecule has 2 amide bonds. The number of ether oxygens (including phenoxy) is 1. The van der Waals surface area contributed by atoms with Crippen molar-refractivity contribution < 1.29 is 24.2 Å². The highest BCUT2D eigenvalue weighted by molar-refractivity contribution is 5.82. The minimum Gasteiger partial charge on any atom is -0.480 e. The lowest BCUT2D eigenvalue weighted by Crippen LogP contribution is -2.39. The molecule has 0 aliphatic heterocycles. The second-order valence-corrected chi connectivity index (χ2v) is 7.34. The summed E-state index contributed by atoms with van der Waals surface area (Å²) < 4.78 is 5.46. The van der Waals surface area contributed by atoms with E-state index in [2.05, 4.69) is 34.9 Å². The Morgan fingerprint density at radius 2 is 1.60 bits per heavy atom. The molecule has 0 spiro atoms. The number of hydrogen-bond donors (Lipinski definition) is 3. The van der Waals surface area contributed by atoms with Gasteiger partial charge in [0.25, 0.3) is 0 Å². The minimum absolute atomic E-state index is 0.0112. The smallest absolute Gasteiger partial charge is 0.407 e. The van der Waals surface area contributed by atoms with Gasteiger partial charge in [-0.3, -0.25) is 4.79 Å². The molecule has 7 nitrogen and oxygen atoms in total. The third-order valence-corrected chi connectivity index (χ3v) is 5.21. The average molecular weight is 410 g/mol. The molecule has 0 bridgehead atoms. The van der Waals surface area contributed by atoms with Gasteiger partial charge in [-0.2, -0.15) is 0 Å². The van der Waals surface area contributed by atoms with Crippen molar-refractivity contribution in [3.63, 3.8) is 0 Å². The van der Waals surface area contributed by atoms with E-state index in [0.717, 1.165) is 11.1 Å². The molecule has 0 radical (unpaired) electrons. The molecule has 0 saturated heterocycles. The molecule has 0 heterocycles. The molecule has 2 aromatic rings. The molecule has 0 aromatic heterocycles. The Hall–Kier alpha value is -3.35. The fourth-order valence-electron chi connectivity index (χ4n) is 3.82. The lowest BCUT2D eigenvalue weighted by molar-refractivity contribution is -0.141. The number of carboxylic acids is 1. The first kappa shape index (κ1) is 21.4. The number of amides is 2. The predicted octanol–water partition coefficient (Wildman–Crippen LogP) is 3.28. The zero-order valence-corrected chi connectivity index (χ0v) is 16.9. The quantitative estimate of drug-likeness (QED) is 0.550. The molecule has 1 aliphatic rings. The van der Waals surface area contributed by atoms with E-state index >= 15 is 0 Å². The largest absolute Gasteiger partial charge is 0.480 e. The van der Waals surface area contributed by atoms with Crippen LogP contribution in [0.5, 0.6) is 0 Å². The highest BCUT2D eigenvalue weighted by atomic mass is 16.5. The summed E-state index contributed by atoms with van der Waals surface area (Å²) in [5.41, 5.74) is 4.66. The average Bonchev–Trinajstić information content (AvgIpc) is 3.04. The third-order valence-electron chi connectivity index (χ3n) is 5.21. The van der Waals surface area contributed by atoms with Crippen LogP contribution in [-0.4, -0.2) is 42.3 Å². The van der Waals surface area contributed by atoms with Gasteiger partial charge in [0, 0.05) is 19.4 Å². The fourth-order valence-corrected chi connectivity index (χ4v) is 3.82. The summed E-state index contributed by atoms with van der Waals surface area (Å²) >= 11 is 0. The summed E-state index contributed by atoms with van der Waals surface area (Å²) in [5, 5.41) is 14.2. The zero-order valence-electron chi connectivity index (χ0n) is 16.9. The molecule has 0 fully saturated rings. The molecular weight excluding hydrogens is 384 g/mol. The van der Waals surface area contributed by atoms with Crippen LogP contribution in [0.25, 0.3) is 11.1 Å². The van der Waals surface area contributed by atoms with E-state index in [-0.39, 0.29) is 18.4 Å². The number of carbonyl (C=O) groups excluding carboxylic acids is 2. The van der Waals surface area contributed by atoms with Gasteiger partial charge in [0.2, 0.25) is 5.91 Å². The second-order valence-electron chi connectivity index (χ2n) is 7.34. The number of carboxylic acid groups (broad SMARTS) is 1. The number of benzene rings is 2. The lowest BCUT2D eigenvalue weighted by Gasteiger charge is -2.15. The van der Waals surface area contributed by atoms with Gasteiger partial charge in [-0.15, -0.1) is 0 Å². The number of alkyl carbamates (subject to hydrolysis) is 1. The van der Waals surface area contributed by atoms with Crippen molar-refractivity contribution in [3.05, 3.63) is 59.7 Å². The van der Waals surface area contributed by atoms with Crippen LogP contribution >= 0.6 is 0 Å². The van der Waals surface area contributed by atoms with Crippen molar-refractivity contribution in [3.8, 4) is 11.1 Å². The molecule has 0 unspecified atom stereocenters. The Morgan fingerprint density at radius 3 is 2.17 bits per heavy atom. The molecule has 2 aromatic carbocycles. The number of hydrogen-bond acceptors (Lipinski definition) is 4. The summed E-state index contributed by atoms with van der Waals surface area (Å²) in [7, 11) is 0. The van der Waals surface area contributed by atoms with E-state index < -0.39 is 18.1 Å². The molecule has 0 saturated carbocycles. The van der Waals surface area contributed by atoms with Gasteiger partial charge in [0.15, 0.2) is 0 Å². The maximum absolute atomic E-state index is 12.1. The number of unbranched alkanes of at least 4 members (excludes halogenated alkanes) is 1. The van der Waals surface area contributed by atoms with Crippen LogP contribution in [0.3, 0.4) is 0 Å². The van der Waals surface area contributed by atoms with Crippen molar-refractivity contribution >= 4 is 18.0 Å². The van der Waals surface area contributed by atoms with Gasteiger partial charge in [0.05, 0.1) is 0 Å². The van der Waals surface area contributed by atoms with Crippen LogP contribution in [0.2, 0.25) is 0 Å². The summed E-state index contributed by atoms with van der Waals surface area (Å²) in [6, 6.07) is 15.4. The van der Waals surface area contributed by atoms with E-state index in [9.17, 15) is 14.4 Å². The van der Waals surface area contributed by atoms with Crippen molar-refractivity contribution in [2.24, 2.45) is 0 Å². The molecule has 1 aliphatic carbocycles. The number of aliphatic carboxylic acids is 1. The number of fused-ring (bicyclic) bond motifs is 3. The summed E-state index contributed by atoms with van der Waals surface area (Å²) in [6.45, 7) is 1.92. The molecule has 1 atom stereocenters. The zero-order chi connectivity index (χ0) is 21.5. The summed E-state index contributed by atoms with van der Waals surface area (Å²) in [5.74, 6) is -1.43. The summed E-state index contributed by atoms with van der Waals surface area (Å²) in [6.07, 6.45) is 0.962. The van der Waals surface area contributed by atoms with Gasteiger partial charge in [0.1, 0.15) is 12.6 Å². The maximum atomic E-state index is 12.1. The Morgan fingerprint density at radius 1 is 1.00 bits per heavy atom. The SMILES string of the molecule is CC(=O)N[C@H](CCCCNC(=O)OCC1c2ccccc2-c2ccccc21)C(=O)O. The van der Waals surface area contributed by atoms with Crippen LogP contribution in [0.1, 0.15) is 43.2 Å². The van der Waals surface area contributed by atoms with Crippen LogP contribution in [0.15, 0.2) is 48.5 Å². The maximum Gasteiger partial charge on any atom is 0.407 e. The molecular formula is C23H26N2O5. The van der Waals surface area contributed by atoms with E-state index in [4.69, 9.17) is 9.84 Å². The molecule has 30 heavy (non-hydrogen) atoms. The second kappa shape index (κ2) is 9.91. The monoisotopic (exact) mass is 410 g/mol. The normalized spacial score (nSPS) is 13.1. The highest BCUT2D eigenvalue weighted by Crippen LogP contribution is 2.44. The van der Waals surface area contributed by atoms with Crippen LogP contribution in [0, 0.1) is 0 Å². The molecule has 158 valence electrons. The van der Waals surface area contributed by atoms with Crippen LogP contribution < -0.4 is 10.6 Å². The van der Waals surface area contributed by atoms with E-state index in [1.165, 1.54) is 18.1 Å². The van der Waals surface area contributed by atoms with Crippen LogP contribution in [-0.2, 0) is 14.3 Å². The van der Waals surface area contributed by atoms with Gasteiger partial charge >= 0.3 is 12.1 Å². The van der Waals surface area contributed by atoms with Crippen molar-refractivity contribution in [2.75, 3.05) is 13.2 Å². The van der Waals surface area contributed by atoms with Crippen molar-refractivity contribution in [1.29, 1.82) is 0 Å². The highest BCUT2D eigenvalue weighted by Gasteiger charge is 2.28. The first-order valence-corrected chi connectivity index (χ1v) is 10.1. The van der Waals surface area contributed by atoms with Gasteiger partial charge in [-0.25, -0.2) is 9.59 Å². The topological polar surface area (TPSA) is 105 Å². The number of nitrogens with one attached hydrogen (secondary N) is 2. The Bertz CT molecular complexity index is 882. The molecule has 3 N–H and O–H groups in total. The van der Waals surface area contributed by atoms with Gasteiger partial charge in [-0.1, -0.05) is 48.5 Å². The molecule has 3 rings (SSSR count). The summed E-state index contributed by atoms with van der Waals surface area (Å²) in [4.78, 5) is 34.2. The van der Waals surface area contributed by atoms with Gasteiger partial charge < -0.3 is 20.5 Å². The fraction of sp³-hybridized carbons (Fsp3) is 0.348. The first-order chi connectivity index (χ1) is 14.5. The third kappa shape index (κ3) is 5.17. The Labute approximate surface area is 175 Å². The Kier molecular flexibility index (Phi) is 7.06. The number of rotatable bonds is 9. The van der Waals surface area contributed by atoms with E-state index in [0.29, 0.717) is 25.8 Å². The number of carbonyl (C=O) groups is 3. The standard InChI is InChI=1S/C23H26N2O5/c1-15(26)25-21(22(27)28)12-6-7-13-24-23(29)30-14-20-18-10-4-2-8-16(18)17-9-3-5-11-19(17)20/h2-5,8-11,20-21H,6-7,12-14H2,1H3,(H,24,29)(H,25,26)(H,27,28)/t21-/m1/s1. The van der Waals surface area contributed by atoms with Crippen LogP contribution in [0.4, 0.5) is 4.79 Å². The van der Waals surface area contributed by atoms with Crippen molar-refractivity contribution in [1.82, 2.24) is 10.6 Å². The lowest BCUT2D eigenvalue weighted by atomic mass is 9.98. The van der Waals surface area contributed by atoms with E-state index in [1.54, 1.807) is 0 Å². The van der Waals surface area contributed by atoms with E-state index in [1.807, 2.05) is 24.3 Å². The first-order valence-electron chi connectivity index (χ1n) is 10.1. The van der Waals surface area contributed by atoms with Crippen molar-refractivity contribution in [2.45, 2.75) is 38.1 Å². The van der Waals surface area contributed by atoms with Gasteiger partial charge in [-0.05, 0) is 41.5 Å². The molecule has 7 heteroatoms.